The lowest BCUT2D eigenvalue weighted by atomic mass is 9.80. The average Bonchev–Trinajstić information content (AvgIpc) is 2.31. The number of carboxylic acid groups (broad SMARTS) is 1. The van der Waals surface area contributed by atoms with Gasteiger partial charge in [-0.3, -0.25) is 4.79 Å². The van der Waals surface area contributed by atoms with E-state index in [1.54, 1.807) is 0 Å². The lowest BCUT2D eigenvalue weighted by Gasteiger charge is -2.24. The smallest absolute Gasteiger partial charge is 0.308 e. The van der Waals surface area contributed by atoms with Gasteiger partial charge in [-0.1, -0.05) is 20.8 Å². The van der Waals surface area contributed by atoms with Crippen LogP contribution in [0, 0.1) is 17.3 Å². The molecule has 3 heteroatoms. The second kappa shape index (κ2) is 3.66. The number of rotatable bonds is 2. The van der Waals surface area contributed by atoms with Crippen molar-refractivity contribution < 1.29 is 9.90 Å². The van der Waals surface area contributed by atoms with Gasteiger partial charge in [-0.15, -0.1) is 0 Å². The molecular formula is C10H19NO2. The van der Waals surface area contributed by atoms with E-state index in [0.717, 1.165) is 13.0 Å². The van der Waals surface area contributed by atoms with Gasteiger partial charge in [-0.25, -0.2) is 0 Å². The number of hydrogen-bond donors (Lipinski definition) is 2. The van der Waals surface area contributed by atoms with Crippen LogP contribution in [0.25, 0.3) is 0 Å². The van der Waals surface area contributed by atoms with E-state index in [1.165, 1.54) is 0 Å². The zero-order valence-electron chi connectivity index (χ0n) is 8.63. The summed E-state index contributed by atoms with van der Waals surface area (Å²) in [6.07, 6.45) is 0.983. The summed E-state index contributed by atoms with van der Waals surface area (Å²) >= 11 is 0. The zero-order chi connectivity index (χ0) is 10.1. The molecule has 2 unspecified atom stereocenters. The molecule has 1 aliphatic rings. The maximum atomic E-state index is 10.9. The molecule has 0 radical (unpaired) electrons. The largest absolute Gasteiger partial charge is 0.481 e. The lowest BCUT2D eigenvalue weighted by Crippen LogP contribution is -2.25. The number of nitrogens with one attached hydrogen (secondary N) is 1. The molecule has 1 rings (SSSR count). The van der Waals surface area contributed by atoms with E-state index in [0.29, 0.717) is 12.5 Å². The highest BCUT2D eigenvalue weighted by Gasteiger charge is 2.34. The van der Waals surface area contributed by atoms with E-state index in [4.69, 9.17) is 5.11 Å². The van der Waals surface area contributed by atoms with E-state index in [-0.39, 0.29) is 11.3 Å². The van der Waals surface area contributed by atoms with Crippen LogP contribution in [0.3, 0.4) is 0 Å². The highest BCUT2D eigenvalue weighted by Crippen LogP contribution is 2.30. The summed E-state index contributed by atoms with van der Waals surface area (Å²) in [7, 11) is 0. The Morgan fingerprint density at radius 3 is 2.54 bits per heavy atom. The first-order chi connectivity index (χ1) is 5.90. The van der Waals surface area contributed by atoms with E-state index < -0.39 is 5.97 Å². The van der Waals surface area contributed by atoms with Gasteiger partial charge in [0, 0.05) is 6.54 Å². The van der Waals surface area contributed by atoms with Crippen LogP contribution in [0.5, 0.6) is 0 Å². The molecule has 0 aromatic heterocycles. The molecule has 0 amide bonds. The topological polar surface area (TPSA) is 49.3 Å². The number of carboxylic acids is 1. The van der Waals surface area contributed by atoms with Crippen molar-refractivity contribution in [3.05, 3.63) is 0 Å². The van der Waals surface area contributed by atoms with Crippen LogP contribution in [0.4, 0.5) is 0 Å². The zero-order valence-corrected chi connectivity index (χ0v) is 8.63. The maximum absolute atomic E-state index is 10.9. The predicted molar refractivity (Wildman–Crippen MR) is 51.6 cm³/mol. The quantitative estimate of drug-likeness (QED) is 0.682. The van der Waals surface area contributed by atoms with Crippen LogP contribution in [0.15, 0.2) is 0 Å². The Labute approximate surface area is 79.5 Å². The Kier molecular flexibility index (Phi) is 2.96. The fourth-order valence-corrected chi connectivity index (χ4v) is 2.02. The second-order valence-electron chi connectivity index (χ2n) is 5.13. The van der Waals surface area contributed by atoms with Gasteiger partial charge < -0.3 is 10.4 Å². The van der Waals surface area contributed by atoms with E-state index in [2.05, 4.69) is 26.1 Å². The first-order valence-corrected chi connectivity index (χ1v) is 4.84. The minimum atomic E-state index is -0.653. The fraction of sp³-hybridized carbons (Fsp3) is 0.900. The third-order valence-electron chi connectivity index (χ3n) is 2.53. The molecule has 1 aliphatic heterocycles. The third kappa shape index (κ3) is 2.99. The number of aliphatic carboxylic acids is 1. The van der Waals surface area contributed by atoms with Gasteiger partial charge in [0.1, 0.15) is 0 Å². The molecule has 13 heavy (non-hydrogen) atoms. The third-order valence-corrected chi connectivity index (χ3v) is 2.53. The average molecular weight is 185 g/mol. The van der Waals surface area contributed by atoms with Crippen LogP contribution in [0.2, 0.25) is 0 Å². The molecule has 2 atom stereocenters. The van der Waals surface area contributed by atoms with E-state index >= 15 is 0 Å². The van der Waals surface area contributed by atoms with Gasteiger partial charge in [0.05, 0.1) is 5.92 Å². The Hall–Kier alpha value is -0.570. The fourth-order valence-electron chi connectivity index (χ4n) is 2.02. The maximum Gasteiger partial charge on any atom is 0.308 e. The summed E-state index contributed by atoms with van der Waals surface area (Å²) in [5.41, 5.74) is 0.227. The van der Waals surface area contributed by atoms with E-state index in [9.17, 15) is 4.79 Å². The molecular weight excluding hydrogens is 166 g/mol. The summed E-state index contributed by atoms with van der Waals surface area (Å²) in [5, 5.41) is 12.1. The van der Waals surface area contributed by atoms with Crippen LogP contribution in [-0.2, 0) is 4.79 Å². The molecule has 0 aromatic carbocycles. The minimum absolute atomic E-state index is 0.181. The first kappa shape index (κ1) is 10.5. The molecule has 1 fully saturated rings. The molecule has 0 spiro atoms. The Balaban J connectivity index is 2.54. The SMILES string of the molecule is CC(C)(C)CC1CNCC1C(=O)O. The highest BCUT2D eigenvalue weighted by atomic mass is 16.4. The monoisotopic (exact) mass is 185 g/mol. The predicted octanol–water partition coefficient (Wildman–Crippen LogP) is 1.34. The molecule has 0 aromatic rings. The molecule has 1 saturated heterocycles. The minimum Gasteiger partial charge on any atom is -0.481 e. The Morgan fingerprint density at radius 2 is 2.08 bits per heavy atom. The van der Waals surface area contributed by atoms with Crippen molar-refractivity contribution >= 4 is 5.97 Å². The van der Waals surface area contributed by atoms with Crippen molar-refractivity contribution in [2.24, 2.45) is 17.3 Å². The van der Waals surface area contributed by atoms with Gasteiger partial charge in [0.25, 0.3) is 0 Å². The van der Waals surface area contributed by atoms with Gasteiger partial charge in [0.2, 0.25) is 0 Å². The van der Waals surface area contributed by atoms with Crippen molar-refractivity contribution in [3.63, 3.8) is 0 Å². The summed E-state index contributed by atoms with van der Waals surface area (Å²) in [6, 6.07) is 0. The summed E-state index contributed by atoms with van der Waals surface area (Å²) in [5.74, 6) is -0.532. The number of carbonyl (C=O) groups is 1. The lowest BCUT2D eigenvalue weighted by molar-refractivity contribution is -0.142. The van der Waals surface area contributed by atoms with Gasteiger partial charge >= 0.3 is 5.97 Å². The molecule has 1 heterocycles. The first-order valence-electron chi connectivity index (χ1n) is 4.84. The second-order valence-corrected chi connectivity index (χ2v) is 5.13. The molecule has 2 N–H and O–H groups in total. The van der Waals surface area contributed by atoms with Crippen LogP contribution < -0.4 is 5.32 Å². The van der Waals surface area contributed by atoms with Crippen molar-refractivity contribution in [1.82, 2.24) is 5.32 Å². The molecule has 0 saturated carbocycles. The van der Waals surface area contributed by atoms with Gasteiger partial charge in [0.15, 0.2) is 0 Å². The molecule has 0 bridgehead atoms. The number of hydrogen-bond acceptors (Lipinski definition) is 2. The standard InChI is InChI=1S/C10H19NO2/c1-10(2,3)4-7-5-11-6-8(7)9(12)13/h7-8,11H,4-6H2,1-3H3,(H,12,13). The summed E-state index contributed by atoms with van der Waals surface area (Å²) in [6.45, 7) is 7.96. The van der Waals surface area contributed by atoms with Crippen LogP contribution >= 0.6 is 0 Å². The van der Waals surface area contributed by atoms with Gasteiger partial charge in [-0.2, -0.15) is 0 Å². The molecule has 76 valence electrons. The van der Waals surface area contributed by atoms with Gasteiger partial charge in [-0.05, 0) is 24.3 Å². The Morgan fingerprint density at radius 1 is 1.46 bits per heavy atom. The van der Waals surface area contributed by atoms with Crippen LogP contribution in [0.1, 0.15) is 27.2 Å². The van der Waals surface area contributed by atoms with E-state index in [1.807, 2.05) is 0 Å². The summed E-state index contributed by atoms with van der Waals surface area (Å²) in [4.78, 5) is 10.9. The normalized spacial score (nSPS) is 29.2. The van der Waals surface area contributed by atoms with Crippen LogP contribution in [-0.4, -0.2) is 24.2 Å². The van der Waals surface area contributed by atoms with Crippen molar-refractivity contribution in [2.45, 2.75) is 27.2 Å². The van der Waals surface area contributed by atoms with Crippen molar-refractivity contribution in [2.75, 3.05) is 13.1 Å². The van der Waals surface area contributed by atoms with Crippen molar-refractivity contribution in [1.29, 1.82) is 0 Å². The Bertz CT molecular complexity index is 196. The highest BCUT2D eigenvalue weighted by molar-refractivity contribution is 5.71. The van der Waals surface area contributed by atoms with Crippen molar-refractivity contribution in [3.8, 4) is 0 Å². The molecule has 3 nitrogen and oxygen atoms in total. The molecule has 0 aliphatic carbocycles. The summed E-state index contributed by atoms with van der Waals surface area (Å²) < 4.78 is 0.